The number of aliphatic imine (C=N–C) groups is 1. The molecular weight excluding hydrogens is 776 g/mol. The highest BCUT2D eigenvalue weighted by Crippen LogP contribution is 2.46. The van der Waals surface area contributed by atoms with Crippen LogP contribution in [0.15, 0.2) is 131 Å². The minimum Gasteiger partial charge on any atom is -0.497 e. The number of rotatable bonds is 8. The lowest BCUT2D eigenvalue weighted by Crippen LogP contribution is -1.90. The smallest absolute Gasteiger partial charge is 0.119 e. The van der Waals surface area contributed by atoms with Crippen LogP contribution in [0, 0.1) is 0 Å². The van der Waals surface area contributed by atoms with Gasteiger partial charge in [0.25, 0.3) is 0 Å². The van der Waals surface area contributed by atoms with Crippen molar-refractivity contribution >= 4 is 62.1 Å². The molecule has 0 amide bonds. The molecule has 0 aliphatic carbocycles. The Morgan fingerprint density at radius 2 is 0.825 bits per heavy atom. The quantitative estimate of drug-likeness (QED) is 0.159. The third-order valence-corrected chi connectivity index (χ3v) is 11.1. The molecule has 7 aromatic rings. The Bertz CT molecular complexity index is 2750. The lowest BCUT2D eigenvalue weighted by atomic mass is 10.00. The Labute approximate surface area is 338 Å². The van der Waals surface area contributed by atoms with Crippen LogP contribution in [0.5, 0.6) is 23.0 Å². The minimum atomic E-state index is 0.740. The average molecular weight is 814 g/mol. The molecule has 5 heterocycles. The number of benzene rings is 4. The van der Waals surface area contributed by atoms with Gasteiger partial charge in [-0.3, -0.25) is 4.99 Å². The number of halogens is 1. The van der Waals surface area contributed by atoms with Gasteiger partial charge in [0.2, 0.25) is 0 Å². The van der Waals surface area contributed by atoms with Gasteiger partial charge < -0.3 is 28.9 Å². The lowest BCUT2D eigenvalue weighted by Gasteiger charge is -2.10. The number of fused-ring (bicyclic) bond motifs is 8. The fraction of sp³-hybridized carbons (Fsp3) is 0.0833. The van der Waals surface area contributed by atoms with E-state index in [1.54, 1.807) is 28.4 Å². The maximum atomic E-state index is 5.72. The largest absolute Gasteiger partial charge is 0.497 e. The zero-order chi connectivity index (χ0) is 39.0. The Balaban J connectivity index is 1.50. The molecule has 2 aliphatic rings. The van der Waals surface area contributed by atoms with E-state index >= 15 is 0 Å². The Morgan fingerprint density at radius 1 is 0.456 bits per heavy atom. The van der Waals surface area contributed by atoms with Gasteiger partial charge in [-0.25, -0.2) is 4.98 Å². The molecular formula is C48H37BrN4O4. The van der Waals surface area contributed by atoms with Gasteiger partial charge in [-0.05, 0) is 123 Å². The highest BCUT2D eigenvalue weighted by molar-refractivity contribution is 9.10. The van der Waals surface area contributed by atoms with Gasteiger partial charge in [0.15, 0.2) is 0 Å². The number of aromatic amines is 2. The number of nitrogens with one attached hydrogen (secondary N) is 2. The van der Waals surface area contributed by atoms with Gasteiger partial charge >= 0.3 is 0 Å². The van der Waals surface area contributed by atoms with Gasteiger partial charge in [0, 0.05) is 56.1 Å². The summed E-state index contributed by atoms with van der Waals surface area (Å²) in [5.74, 6) is 2.99. The maximum Gasteiger partial charge on any atom is 0.119 e. The van der Waals surface area contributed by atoms with Crippen molar-refractivity contribution in [2.24, 2.45) is 4.99 Å². The fourth-order valence-electron chi connectivity index (χ4n) is 7.61. The van der Waals surface area contributed by atoms with Crippen molar-refractivity contribution in [1.82, 2.24) is 15.0 Å². The summed E-state index contributed by atoms with van der Waals surface area (Å²) in [6, 6.07) is 40.7. The normalized spacial score (nSPS) is 11.8. The van der Waals surface area contributed by atoms with Crippen molar-refractivity contribution in [2.45, 2.75) is 0 Å². The molecule has 0 fully saturated rings. The molecule has 0 atom stereocenters. The summed E-state index contributed by atoms with van der Waals surface area (Å²) in [6.45, 7) is 0. The van der Waals surface area contributed by atoms with Gasteiger partial charge in [-0.1, -0.05) is 48.5 Å². The van der Waals surface area contributed by atoms with Crippen molar-refractivity contribution in [2.75, 3.05) is 28.4 Å². The second-order valence-corrected chi connectivity index (χ2v) is 14.3. The van der Waals surface area contributed by atoms with Crippen LogP contribution in [-0.2, 0) is 0 Å². The van der Waals surface area contributed by atoms with E-state index in [4.69, 9.17) is 28.9 Å². The number of methoxy groups -OCH3 is 4. The van der Waals surface area contributed by atoms with Crippen molar-refractivity contribution < 1.29 is 18.9 Å². The van der Waals surface area contributed by atoms with Crippen LogP contribution in [-0.4, -0.2) is 49.6 Å². The molecule has 0 spiro atoms. The van der Waals surface area contributed by atoms with Crippen LogP contribution >= 0.6 is 15.9 Å². The maximum absolute atomic E-state index is 5.72. The van der Waals surface area contributed by atoms with Crippen LogP contribution < -0.4 is 18.9 Å². The van der Waals surface area contributed by atoms with Gasteiger partial charge in [0.05, 0.1) is 50.0 Å². The molecule has 4 aromatic carbocycles. The first kappa shape index (κ1) is 35.8. The Hall–Kier alpha value is -6.84. The van der Waals surface area contributed by atoms with Crippen LogP contribution in [0.4, 0.5) is 5.69 Å². The predicted octanol–water partition coefficient (Wildman–Crippen LogP) is 12.3. The number of aromatic nitrogens is 3. The second kappa shape index (κ2) is 15.0. The summed E-state index contributed by atoms with van der Waals surface area (Å²) in [5.41, 5.74) is 14.3. The van der Waals surface area contributed by atoms with Gasteiger partial charge in [-0.2, -0.15) is 0 Å². The molecule has 0 unspecified atom stereocenters. The highest BCUT2D eigenvalue weighted by atomic mass is 79.9. The molecule has 9 heteroatoms. The Morgan fingerprint density at radius 3 is 1.25 bits per heavy atom. The average Bonchev–Trinajstić information content (AvgIpc) is 4.09. The summed E-state index contributed by atoms with van der Waals surface area (Å²) in [6.07, 6.45) is 6.09. The van der Waals surface area contributed by atoms with Crippen LogP contribution in [0.3, 0.4) is 0 Å². The second-order valence-electron chi connectivity index (χ2n) is 13.5. The molecule has 2 N–H and O–H groups in total. The minimum absolute atomic E-state index is 0.740. The van der Waals surface area contributed by atoms with Crippen LogP contribution in [0.1, 0.15) is 17.0 Å². The number of ether oxygens (including phenoxy) is 4. The van der Waals surface area contributed by atoms with E-state index in [1.807, 2.05) is 79.0 Å². The lowest BCUT2D eigenvalue weighted by molar-refractivity contribution is 0.415. The Kier molecular flexibility index (Phi) is 9.44. The first-order chi connectivity index (χ1) is 28.0. The standard InChI is InChI=1S/C48H37BrN4O4/c1-54-32-13-5-9-28(23-32)43-36-27-50-48(47(36)49)46(31-12-8-16-35(26-31)57-4)42-22-21-41(53-42)45(30-11-7-15-34(25-30)56-3)40-20-19-39(52-40)44(38-18-17-37(43)51-38)29-10-6-14-33(24-29)55-2/h5-27,51,53H,1-4H3. The molecule has 8 bridgehead atoms. The molecule has 8 nitrogen and oxygen atoms in total. The van der Waals surface area contributed by atoms with Crippen LogP contribution in [0.25, 0.3) is 78.7 Å². The first-order valence-corrected chi connectivity index (χ1v) is 19.2. The van der Waals surface area contributed by atoms with E-state index in [0.717, 1.165) is 117 Å². The van der Waals surface area contributed by atoms with E-state index in [-0.39, 0.29) is 0 Å². The molecule has 2 aliphatic heterocycles. The number of H-pyrrole nitrogens is 2. The number of hydrogen-bond acceptors (Lipinski definition) is 6. The number of hydrogen-bond donors (Lipinski definition) is 2. The monoisotopic (exact) mass is 812 g/mol. The SMILES string of the molecule is COc1cccc(-c2c3nc(c(-c4cccc(OC)c4)c4ccc([nH]4)c(-c4cccc(OC)c4)c4c(Br)c(c(-c5cccc(OC)c5)c5ccc2[nH]5)C=N4)C=C3)c1. The topological polar surface area (TPSA) is 93.8 Å². The first-order valence-electron chi connectivity index (χ1n) is 18.4. The summed E-state index contributed by atoms with van der Waals surface area (Å²) in [4.78, 5) is 18.2. The van der Waals surface area contributed by atoms with Gasteiger partial charge in [0.1, 0.15) is 23.0 Å². The third kappa shape index (κ3) is 6.55. The van der Waals surface area contributed by atoms with Crippen molar-refractivity contribution in [3.63, 3.8) is 0 Å². The summed E-state index contributed by atoms with van der Waals surface area (Å²) in [5, 5.41) is 0. The van der Waals surface area contributed by atoms with Gasteiger partial charge in [-0.15, -0.1) is 0 Å². The van der Waals surface area contributed by atoms with E-state index in [2.05, 4.69) is 86.6 Å². The summed E-state index contributed by atoms with van der Waals surface area (Å²) in [7, 11) is 6.72. The molecule has 0 saturated heterocycles. The fourth-order valence-corrected chi connectivity index (χ4v) is 8.21. The molecule has 3 aromatic heterocycles. The zero-order valence-corrected chi connectivity index (χ0v) is 33.3. The summed E-state index contributed by atoms with van der Waals surface area (Å²) >= 11 is 4.08. The molecule has 0 radical (unpaired) electrons. The molecule has 0 saturated carbocycles. The van der Waals surface area contributed by atoms with E-state index in [9.17, 15) is 0 Å². The summed E-state index contributed by atoms with van der Waals surface area (Å²) < 4.78 is 23.7. The molecule has 280 valence electrons. The van der Waals surface area contributed by atoms with Crippen molar-refractivity contribution in [1.29, 1.82) is 0 Å². The zero-order valence-electron chi connectivity index (χ0n) is 31.7. The van der Waals surface area contributed by atoms with E-state index in [1.165, 1.54) is 0 Å². The van der Waals surface area contributed by atoms with Crippen LogP contribution in [0.2, 0.25) is 0 Å². The van der Waals surface area contributed by atoms with E-state index in [0.29, 0.717) is 0 Å². The van der Waals surface area contributed by atoms with E-state index < -0.39 is 0 Å². The molecule has 57 heavy (non-hydrogen) atoms. The predicted molar refractivity (Wildman–Crippen MR) is 235 cm³/mol. The highest BCUT2D eigenvalue weighted by Gasteiger charge is 2.22. The number of nitrogens with zero attached hydrogens (tertiary/aromatic N) is 2. The molecule has 9 rings (SSSR count). The van der Waals surface area contributed by atoms with Crippen molar-refractivity contribution in [3.8, 4) is 67.5 Å². The third-order valence-electron chi connectivity index (χ3n) is 10.3. The van der Waals surface area contributed by atoms with Crippen molar-refractivity contribution in [3.05, 3.63) is 143 Å².